The highest BCUT2D eigenvalue weighted by molar-refractivity contribution is 5.15. The number of benzene rings is 1. The van der Waals surface area contributed by atoms with Crippen molar-refractivity contribution in [2.24, 2.45) is 0 Å². The van der Waals surface area contributed by atoms with Gasteiger partial charge in [0, 0.05) is 0 Å². The Bertz CT molecular complexity index is 308. The van der Waals surface area contributed by atoms with E-state index in [1.165, 1.54) is 50.5 Å². The second-order valence-electron chi connectivity index (χ2n) is 4.45. The van der Waals surface area contributed by atoms with Crippen LogP contribution >= 0.6 is 0 Å². The van der Waals surface area contributed by atoms with E-state index < -0.39 is 0 Å². The topological polar surface area (TPSA) is 0 Å². The van der Waals surface area contributed by atoms with E-state index in [-0.39, 0.29) is 0 Å². The van der Waals surface area contributed by atoms with Gasteiger partial charge in [-0.3, -0.25) is 0 Å². The maximum absolute atomic E-state index is 2.47. The normalized spacial score (nSPS) is 16.1. The van der Waals surface area contributed by atoms with Crippen LogP contribution in [0, 0.1) is 0 Å². The van der Waals surface area contributed by atoms with Gasteiger partial charge in [-0.25, -0.2) is 0 Å². The fraction of sp³-hybridized carbons (Fsp3) is 0.467. The third kappa shape index (κ3) is 3.54. The SMILES string of the molecule is C1=C(CCCc2ccccc2)CCCC1. The lowest BCUT2D eigenvalue weighted by Crippen LogP contribution is -1.93. The molecule has 0 unspecified atom stereocenters. The highest BCUT2D eigenvalue weighted by atomic mass is 14.1. The lowest BCUT2D eigenvalue weighted by Gasteiger charge is -2.12. The second kappa shape index (κ2) is 5.75. The summed E-state index contributed by atoms with van der Waals surface area (Å²) < 4.78 is 0. The van der Waals surface area contributed by atoms with Crippen LogP contribution in [0.3, 0.4) is 0 Å². The quantitative estimate of drug-likeness (QED) is 0.627. The first kappa shape index (κ1) is 10.5. The second-order valence-corrected chi connectivity index (χ2v) is 4.45. The van der Waals surface area contributed by atoms with E-state index in [9.17, 15) is 0 Å². The van der Waals surface area contributed by atoms with Crippen LogP contribution in [0.2, 0.25) is 0 Å². The number of hydrogen-bond acceptors (Lipinski definition) is 0. The van der Waals surface area contributed by atoms with E-state index in [1.807, 2.05) is 0 Å². The van der Waals surface area contributed by atoms with Crippen molar-refractivity contribution in [3.63, 3.8) is 0 Å². The van der Waals surface area contributed by atoms with Crippen molar-refractivity contribution in [2.75, 3.05) is 0 Å². The Labute approximate surface area is 93.0 Å². The molecule has 0 fully saturated rings. The summed E-state index contributed by atoms with van der Waals surface area (Å²) in [7, 11) is 0. The molecule has 0 spiro atoms. The predicted molar refractivity (Wildman–Crippen MR) is 65.9 cm³/mol. The fourth-order valence-electron chi connectivity index (χ4n) is 2.30. The molecule has 0 N–H and O–H groups in total. The highest BCUT2D eigenvalue weighted by Gasteiger charge is 2.03. The Morgan fingerprint density at radius 3 is 2.53 bits per heavy atom. The molecular weight excluding hydrogens is 180 g/mol. The Kier molecular flexibility index (Phi) is 4.01. The molecule has 0 radical (unpaired) electrons. The summed E-state index contributed by atoms with van der Waals surface area (Å²) >= 11 is 0. The van der Waals surface area contributed by atoms with Gasteiger partial charge in [0.2, 0.25) is 0 Å². The van der Waals surface area contributed by atoms with Gasteiger partial charge in [-0.2, -0.15) is 0 Å². The Hall–Kier alpha value is -1.04. The van der Waals surface area contributed by atoms with Crippen molar-refractivity contribution in [1.82, 2.24) is 0 Å². The first-order chi connectivity index (χ1) is 7.45. The van der Waals surface area contributed by atoms with Crippen LogP contribution in [-0.2, 0) is 6.42 Å². The van der Waals surface area contributed by atoms with Crippen molar-refractivity contribution >= 4 is 0 Å². The van der Waals surface area contributed by atoms with Gasteiger partial charge in [-0.15, -0.1) is 0 Å². The zero-order valence-electron chi connectivity index (χ0n) is 9.41. The van der Waals surface area contributed by atoms with Crippen LogP contribution in [0.1, 0.15) is 44.1 Å². The number of hydrogen-bond donors (Lipinski definition) is 0. The van der Waals surface area contributed by atoms with E-state index in [0.717, 1.165) is 0 Å². The predicted octanol–water partition coefficient (Wildman–Crippen LogP) is 4.51. The average molecular weight is 200 g/mol. The summed E-state index contributed by atoms with van der Waals surface area (Å²) in [5, 5.41) is 0. The van der Waals surface area contributed by atoms with Crippen molar-refractivity contribution in [3.8, 4) is 0 Å². The molecule has 0 atom stereocenters. The molecule has 0 saturated heterocycles. The molecular formula is C15H20. The summed E-state index contributed by atoms with van der Waals surface area (Å²) in [6.07, 6.45) is 11.8. The Balaban J connectivity index is 1.73. The van der Waals surface area contributed by atoms with Crippen molar-refractivity contribution in [2.45, 2.75) is 44.9 Å². The fourth-order valence-corrected chi connectivity index (χ4v) is 2.30. The van der Waals surface area contributed by atoms with Crippen LogP contribution in [-0.4, -0.2) is 0 Å². The molecule has 0 saturated carbocycles. The monoisotopic (exact) mass is 200 g/mol. The van der Waals surface area contributed by atoms with Crippen LogP contribution in [0.15, 0.2) is 42.0 Å². The number of aryl methyl sites for hydroxylation is 1. The molecule has 2 rings (SSSR count). The molecule has 0 heteroatoms. The van der Waals surface area contributed by atoms with Gasteiger partial charge in [0.25, 0.3) is 0 Å². The minimum atomic E-state index is 1.23. The molecule has 1 aliphatic carbocycles. The summed E-state index contributed by atoms with van der Waals surface area (Å²) in [5.41, 5.74) is 3.19. The zero-order chi connectivity index (χ0) is 10.3. The third-order valence-electron chi connectivity index (χ3n) is 3.19. The van der Waals surface area contributed by atoms with Gasteiger partial charge in [0.15, 0.2) is 0 Å². The molecule has 1 aromatic carbocycles. The van der Waals surface area contributed by atoms with Crippen LogP contribution in [0.25, 0.3) is 0 Å². The summed E-state index contributed by atoms with van der Waals surface area (Å²) in [6, 6.07) is 10.8. The van der Waals surface area contributed by atoms with E-state index in [1.54, 1.807) is 5.57 Å². The molecule has 0 amide bonds. The van der Waals surface area contributed by atoms with Gasteiger partial charge in [0.1, 0.15) is 0 Å². The largest absolute Gasteiger partial charge is 0.0853 e. The van der Waals surface area contributed by atoms with Gasteiger partial charge >= 0.3 is 0 Å². The molecule has 0 nitrogen and oxygen atoms in total. The standard InChI is InChI=1S/C15H20/c1-3-8-14(9-4-1)12-7-13-15-10-5-2-6-11-15/h1,3-4,8-10H,2,5-7,11-13H2. The van der Waals surface area contributed by atoms with Crippen molar-refractivity contribution in [3.05, 3.63) is 47.5 Å². The maximum Gasteiger partial charge on any atom is -0.0276 e. The lowest BCUT2D eigenvalue weighted by atomic mass is 9.95. The zero-order valence-corrected chi connectivity index (χ0v) is 9.41. The van der Waals surface area contributed by atoms with E-state index in [0.29, 0.717) is 0 Å². The first-order valence-corrected chi connectivity index (χ1v) is 6.17. The van der Waals surface area contributed by atoms with Crippen LogP contribution < -0.4 is 0 Å². The first-order valence-electron chi connectivity index (χ1n) is 6.17. The maximum atomic E-state index is 2.47. The lowest BCUT2D eigenvalue weighted by molar-refractivity contribution is 0.659. The summed E-state index contributed by atoms with van der Waals surface area (Å²) in [5.74, 6) is 0. The molecule has 15 heavy (non-hydrogen) atoms. The molecule has 0 aromatic heterocycles. The van der Waals surface area contributed by atoms with Crippen molar-refractivity contribution < 1.29 is 0 Å². The Morgan fingerprint density at radius 1 is 0.933 bits per heavy atom. The van der Waals surface area contributed by atoms with Gasteiger partial charge in [0.05, 0.1) is 0 Å². The van der Waals surface area contributed by atoms with Gasteiger partial charge in [-0.05, 0) is 50.5 Å². The van der Waals surface area contributed by atoms with Crippen molar-refractivity contribution in [1.29, 1.82) is 0 Å². The van der Waals surface area contributed by atoms with Gasteiger partial charge in [-0.1, -0.05) is 42.0 Å². The van der Waals surface area contributed by atoms with E-state index in [4.69, 9.17) is 0 Å². The molecule has 1 aliphatic rings. The number of rotatable bonds is 4. The third-order valence-corrected chi connectivity index (χ3v) is 3.19. The molecule has 1 aromatic rings. The molecule has 0 heterocycles. The molecule has 80 valence electrons. The summed E-state index contributed by atoms with van der Waals surface area (Å²) in [6.45, 7) is 0. The molecule has 0 bridgehead atoms. The van der Waals surface area contributed by atoms with Crippen LogP contribution in [0.4, 0.5) is 0 Å². The minimum Gasteiger partial charge on any atom is -0.0853 e. The van der Waals surface area contributed by atoms with Crippen LogP contribution in [0.5, 0.6) is 0 Å². The molecule has 0 aliphatic heterocycles. The number of allylic oxidation sites excluding steroid dienone is 2. The minimum absolute atomic E-state index is 1.23. The van der Waals surface area contributed by atoms with E-state index >= 15 is 0 Å². The van der Waals surface area contributed by atoms with E-state index in [2.05, 4.69) is 36.4 Å². The summed E-state index contributed by atoms with van der Waals surface area (Å²) in [4.78, 5) is 0. The highest BCUT2D eigenvalue weighted by Crippen LogP contribution is 2.21. The average Bonchev–Trinajstić information content (AvgIpc) is 2.32. The van der Waals surface area contributed by atoms with Gasteiger partial charge < -0.3 is 0 Å². The Morgan fingerprint density at radius 2 is 1.80 bits per heavy atom. The smallest absolute Gasteiger partial charge is 0.0276 e.